The highest BCUT2D eigenvalue weighted by Crippen LogP contribution is 2.24. The fourth-order valence-electron chi connectivity index (χ4n) is 2.52. The highest BCUT2D eigenvalue weighted by molar-refractivity contribution is 7.99. The van der Waals surface area contributed by atoms with Crippen LogP contribution in [0.3, 0.4) is 0 Å². The van der Waals surface area contributed by atoms with Crippen LogP contribution < -0.4 is 5.32 Å². The van der Waals surface area contributed by atoms with E-state index >= 15 is 0 Å². The Morgan fingerprint density at radius 3 is 2.46 bits per heavy atom. The summed E-state index contributed by atoms with van der Waals surface area (Å²) in [5.41, 5.74) is 3.77. The lowest BCUT2D eigenvalue weighted by atomic mass is 10.1. The number of nitrogens with one attached hydrogen (secondary N) is 1. The quantitative estimate of drug-likeness (QED) is 0.490. The number of rotatable bonds is 8. The van der Waals surface area contributed by atoms with Gasteiger partial charge < -0.3 is 10.1 Å². The fraction of sp³-hybridized carbons (Fsp3) is 0.250. The van der Waals surface area contributed by atoms with Crippen LogP contribution in [0, 0.1) is 0 Å². The number of ether oxygens (including phenoxy) is 1. The third kappa shape index (κ3) is 5.03. The molecule has 26 heavy (non-hydrogen) atoms. The van der Waals surface area contributed by atoms with Gasteiger partial charge in [-0.3, -0.25) is 4.79 Å². The number of hydrogen-bond acceptors (Lipinski definition) is 5. The highest BCUT2D eigenvalue weighted by Gasteiger charge is 2.12. The largest absolute Gasteiger partial charge is 0.383 e. The standard InChI is InChI=1S/C20H21N3O2S/c1-25-12-11-21-19(24)14-26-20-18(13-15-7-3-2-4-8-15)22-16-9-5-6-10-17(16)23-20/h2-10H,11-14H2,1H3,(H,21,24). The van der Waals surface area contributed by atoms with Crippen LogP contribution in [0.1, 0.15) is 11.3 Å². The number of benzene rings is 2. The molecule has 0 aliphatic heterocycles. The van der Waals surface area contributed by atoms with E-state index in [1.165, 1.54) is 17.3 Å². The van der Waals surface area contributed by atoms with Crippen LogP contribution in [0.4, 0.5) is 0 Å². The van der Waals surface area contributed by atoms with Crippen molar-refractivity contribution in [3.05, 3.63) is 65.9 Å². The van der Waals surface area contributed by atoms with Crippen LogP contribution >= 0.6 is 11.8 Å². The number of thioether (sulfide) groups is 1. The zero-order chi connectivity index (χ0) is 18.2. The summed E-state index contributed by atoms with van der Waals surface area (Å²) in [5, 5.41) is 3.63. The predicted molar refractivity (Wildman–Crippen MR) is 104 cm³/mol. The fourth-order valence-corrected chi connectivity index (χ4v) is 3.33. The molecule has 1 aromatic heterocycles. The summed E-state index contributed by atoms with van der Waals surface area (Å²) in [4.78, 5) is 21.5. The number of hydrogen-bond donors (Lipinski definition) is 1. The van der Waals surface area contributed by atoms with Crippen molar-refractivity contribution in [3.63, 3.8) is 0 Å². The van der Waals surface area contributed by atoms with Gasteiger partial charge in [-0.25, -0.2) is 9.97 Å². The summed E-state index contributed by atoms with van der Waals surface area (Å²) in [6.45, 7) is 1.02. The molecule has 3 aromatic rings. The Morgan fingerprint density at radius 2 is 1.73 bits per heavy atom. The van der Waals surface area contributed by atoms with Gasteiger partial charge in [0, 0.05) is 20.1 Å². The molecule has 0 spiro atoms. The van der Waals surface area contributed by atoms with Gasteiger partial charge in [0.2, 0.25) is 5.91 Å². The molecule has 0 atom stereocenters. The van der Waals surface area contributed by atoms with Crippen molar-refractivity contribution < 1.29 is 9.53 Å². The number of nitrogens with zero attached hydrogens (tertiary/aromatic N) is 2. The molecule has 0 aliphatic carbocycles. The molecule has 0 unspecified atom stereocenters. The lowest BCUT2D eigenvalue weighted by molar-refractivity contribution is -0.118. The maximum absolute atomic E-state index is 12.0. The third-order valence-electron chi connectivity index (χ3n) is 3.79. The molecule has 0 fully saturated rings. The highest BCUT2D eigenvalue weighted by atomic mass is 32.2. The zero-order valence-electron chi connectivity index (χ0n) is 14.6. The Morgan fingerprint density at radius 1 is 1.04 bits per heavy atom. The monoisotopic (exact) mass is 367 g/mol. The van der Waals surface area contributed by atoms with Gasteiger partial charge in [0.25, 0.3) is 0 Å². The molecule has 1 amide bonds. The maximum atomic E-state index is 12.0. The molecule has 0 saturated heterocycles. The molecule has 0 saturated carbocycles. The van der Waals surface area contributed by atoms with E-state index < -0.39 is 0 Å². The van der Waals surface area contributed by atoms with Gasteiger partial charge in [-0.1, -0.05) is 54.2 Å². The second-order valence-corrected chi connectivity index (χ2v) is 6.72. The summed E-state index contributed by atoms with van der Waals surface area (Å²) in [6.07, 6.45) is 0.687. The molecule has 0 bridgehead atoms. The van der Waals surface area contributed by atoms with Gasteiger partial charge in [0.05, 0.1) is 29.1 Å². The molecule has 1 N–H and O–H groups in total. The third-order valence-corrected chi connectivity index (χ3v) is 4.80. The van der Waals surface area contributed by atoms with Gasteiger partial charge in [-0.2, -0.15) is 0 Å². The molecule has 0 radical (unpaired) electrons. The summed E-state index contributed by atoms with van der Waals surface area (Å²) >= 11 is 1.42. The average molecular weight is 367 g/mol. The van der Waals surface area contributed by atoms with Gasteiger partial charge in [0.1, 0.15) is 5.03 Å². The molecule has 2 aromatic carbocycles. The number of aromatic nitrogens is 2. The average Bonchev–Trinajstić information content (AvgIpc) is 2.67. The SMILES string of the molecule is COCCNC(=O)CSc1nc2ccccc2nc1Cc1ccccc1. The summed E-state index contributed by atoms with van der Waals surface area (Å²) in [7, 11) is 1.61. The van der Waals surface area contributed by atoms with Gasteiger partial charge in [-0.05, 0) is 17.7 Å². The summed E-state index contributed by atoms with van der Waals surface area (Å²) in [5.74, 6) is 0.270. The number of carbonyl (C=O) groups excluding carboxylic acids is 1. The Labute approximate surface area is 157 Å². The molecule has 134 valence electrons. The lowest BCUT2D eigenvalue weighted by Gasteiger charge is -2.10. The first-order valence-electron chi connectivity index (χ1n) is 8.44. The topological polar surface area (TPSA) is 64.1 Å². The van der Waals surface area contributed by atoms with Gasteiger partial charge in [0.15, 0.2) is 0 Å². The molecule has 6 heteroatoms. The molecule has 1 heterocycles. The van der Waals surface area contributed by atoms with E-state index in [4.69, 9.17) is 14.7 Å². The van der Waals surface area contributed by atoms with Crippen LogP contribution in [0.25, 0.3) is 11.0 Å². The first-order chi connectivity index (χ1) is 12.8. The minimum atomic E-state index is -0.0346. The van der Waals surface area contributed by atoms with Crippen molar-refractivity contribution in [2.24, 2.45) is 0 Å². The maximum Gasteiger partial charge on any atom is 0.230 e. The van der Waals surface area contributed by atoms with Crippen molar-refractivity contribution in [1.29, 1.82) is 0 Å². The number of methoxy groups -OCH3 is 1. The van der Waals surface area contributed by atoms with E-state index in [-0.39, 0.29) is 5.91 Å². The van der Waals surface area contributed by atoms with E-state index in [0.717, 1.165) is 21.8 Å². The van der Waals surface area contributed by atoms with Gasteiger partial charge >= 0.3 is 0 Å². The van der Waals surface area contributed by atoms with Crippen molar-refractivity contribution in [3.8, 4) is 0 Å². The molecule has 5 nitrogen and oxygen atoms in total. The minimum absolute atomic E-state index is 0.0346. The lowest BCUT2D eigenvalue weighted by Crippen LogP contribution is -2.28. The summed E-state index contributed by atoms with van der Waals surface area (Å²) in [6, 6.07) is 18.0. The van der Waals surface area contributed by atoms with E-state index in [1.54, 1.807) is 7.11 Å². The number of carbonyl (C=O) groups is 1. The van der Waals surface area contributed by atoms with Gasteiger partial charge in [-0.15, -0.1) is 0 Å². The first-order valence-corrected chi connectivity index (χ1v) is 9.43. The van der Waals surface area contributed by atoms with Crippen molar-refractivity contribution in [2.75, 3.05) is 26.0 Å². The van der Waals surface area contributed by atoms with E-state index in [1.807, 2.05) is 42.5 Å². The first kappa shape index (κ1) is 18.4. The Bertz CT molecular complexity index is 871. The molecule has 0 aliphatic rings. The molecular formula is C20H21N3O2S. The van der Waals surface area contributed by atoms with Crippen molar-refractivity contribution in [1.82, 2.24) is 15.3 Å². The van der Waals surface area contributed by atoms with Crippen LogP contribution in [0.15, 0.2) is 59.6 Å². The van der Waals surface area contributed by atoms with E-state index in [2.05, 4.69) is 17.4 Å². The number of amides is 1. The number of para-hydroxylation sites is 2. The Balaban J connectivity index is 1.79. The second kappa shape index (κ2) is 9.31. The predicted octanol–water partition coefficient (Wildman–Crippen LogP) is 3.08. The smallest absolute Gasteiger partial charge is 0.230 e. The normalized spacial score (nSPS) is 10.8. The summed E-state index contributed by atoms with van der Waals surface area (Å²) < 4.78 is 4.94. The molecular weight excluding hydrogens is 346 g/mol. The minimum Gasteiger partial charge on any atom is -0.383 e. The Hall–Kier alpha value is -2.44. The zero-order valence-corrected chi connectivity index (χ0v) is 15.5. The van der Waals surface area contributed by atoms with E-state index in [9.17, 15) is 4.79 Å². The Kier molecular flexibility index (Phi) is 6.57. The van der Waals surface area contributed by atoms with Crippen LogP contribution in [-0.2, 0) is 16.0 Å². The number of fused-ring (bicyclic) bond motifs is 1. The van der Waals surface area contributed by atoms with Crippen LogP contribution in [0.5, 0.6) is 0 Å². The second-order valence-electron chi connectivity index (χ2n) is 5.76. The van der Waals surface area contributed by atoms with Crippen molar-refractivity contribution in [2.45, 2.75) is 11.4 Å². The van der Waals surface area contributed by atoms with Crippen molar-refractivity contribution >= 4 is 28.7 Å². The molecule has 3 rings (SSSR count). The van der Waals surface area contributed by atoms with Crippen LogP contribution in [-0.4, -0.2) is 41.9 Å². The van der Waals surface area contributed by atoms with E-state index in [0.29, 0.717) is 25.3 Å². The van der Waals surface area contributed by atoms with Crippen LogP contribution in [0.2, 0.25) is 0 Å².